The molecule has 0 unspecified atom stereocenters. The van der Waals surface area contributed by atoms with Gasteiger partial charge in [-0.1, -0.05) is 20.8 Å². The van der Waals surface area contributed by atoms with Crippen molar-refractivity contribution in [3.05, 3.63) is 23.8 Å². The normalized spacial score (nSPS) is 37.6. The molecule has 3 fully saturated rings. The molecule has 0 radical (unpaired) electrons. The highest BCUT2D eigenvalue weighted by atomic mass is 16.7. The number of allylic oxidation sites excluding steroid dienone is 2. The van der Waals surface area contributed by atoms with Crippen molar-refractivity contribution in [3.63, 3.8) is 0 Å². The van der Waals surface area contributed by atoms with Crippen LogP contribution in [0.25, 0.3) is 0 Å². The van der Waals surface area contributed by atoms with Gasteiger partial charge in [0.25, 0.3) is 0 Å². The molecule has 0 aliphatic heterocycles. The van der Waals surface area contributed by atoms with Crippen LogP contribution in [0, 0.1) is 39.4 Å². The van der Waals surface area contributed by atoms with Gasteiger partial charge in [-0.2, -0.15) is 0 Å². The second-order valence-corrected chi connectivity index (χ2v) is 15.7. The van der Waals surface area contributed by atoms with Crippen molar-refractivity contribution in [1.29, 1.82) is 0 Å². The van der Waals surface area contributed by atoms with Crippen LogP contribution in [0.2, 0.25) is 0 Å². The van der Waals surface area contributed by atoms with Crippen LogP contribution in [-0.4, -0.2) is 74.9 Å². The molecule has 9 atom stereocenters. The van der Waals surface area contributed by atoms with Gasteiger partial charge in [0.2, 0.25) is 0 Å². The van der Waals surface area contributed by atoms with Crippen molar-refractivity contribution >= 4 is 41.2 Å². The molecule has 3 saturated carbocycles. The van der Waals surface area contributed by atoms with Crippen LogP contribution in [0.4, 0.5) is 4.79 Å². The number of esters is 2. The number of hydrogen-bond acceptors (Lipinski definition) is 11. The van der Waals surface area contributed by atoms with Crippen LogP contribution in [-0.2, 0) is 43.0 Å². The van der Waals surface area contributed by atoms with Crippen molar-refractivity contribution in [1.82, 2.24) is 0 Å². The third-order valence-electron chi connectivity index (χ3n) is 11.8. The summed E-state index contributed by atoms with van der Waals surface area (Å²) in [6.45, 7) is 15.1. The van der Waals surface area contributed by atoms with E-state index >= 15 is 0 Å². The number of ketones is 4. The number of Topliss-reactive ketones (excluding diaryl/α,β-unsaturated/α-hetero) is 2. The maximum Gasteiger partial charge on any atom is 0.506 e. The zero-order chi connectivity index (χ0) is 35.9. The molecule has 47 heavy (non-hydrogen) atoms. The lowest BCUT2D eigenvalue weighted by molar-refractivity contribution is -0.187. The molecule has 2 N–H and O–H groups in total. The average Bonchev–Trinajstić information content (AvgIpc) is 3.11. The minimum absolute atomic E-state index is 0.00983. The third kappa shape index (κ3) is 5.46. The second kappa shape index (κ2) is 11.2. The van der Waals surface area contributed by atoms with E-state index in [0.717, 1.165) is 6.08 Å². The SMILES string of the molecule is CC(=O)O[C@H]1C[C@@H]2C(=CC(=O)[C@@H]3[C@@]2(C)C(=O)C[C@]2(C)[C@@H]([C@@](C)(O)C(=O)/C=C/C(C)(C)OC(C)=O)[C@H](OC(=O)O)C[C@@]32C)C(C)(C)C1=O. The molecule has 0 aromatic rings. The van der Waals surface area contributed by atoms with E-state index in [-0.39, 0.29) is 30.8 Å². The Labute approximate surface area is 274 Å². The highest BCUT2D eigenvalue weighted by Crippen LogP contribution is 2.73. The smallest absolute Gasteiger partial charge is 0.456 e. The molecule has 0 saturated heterocycles. The molecule has 258 valence electrons. The summed E-state index contributed by atoms with van der Waals surface area (Å²) in [4.78, 5) is 91.6. The first-order chi connectivity index (χ1) is 21.3. The number of carboxylic acid groups (broad SMARTS) is 1. The zero-order valence-electron chi connectivity index (χ0n) is 28.7. The maximum atomic E-state index is 14.6. The van der Waals surface area contributed by atoms with Gasteiger partial charge in [-0.25, -0.2) is 4.79 Å². The fourth-order valence-electron chi connectivity index (χ4n) is 9.69. The summed E-state index contributed by atoms with van der Waals surface area (Å²) in [5.41, 5.74) is -8.14. The molecule has 4 aliphatic carbocycles. The Morgan fingerprint density at radius 3 is 2.06 bits per heavy atom. The number of carbonyl (C=O) groups excluding carboxylic acids is 6. The predicted molar refractivity (Wildman–Crippen MR) is 165 cm³/mol. The van der Waals surface area contributed by atoms with Crippen molar-refractivity contribution in [2.75, 3.05) is 0 Å². The van der Waals surface area contributed by atoms with E-state index in [4.69, 9.17) is 14.2 Å². The summed E-state index contributed by atoms with van der Waals surface area (Å²) >= 11 is 0. The fourth-order valence-corrected chi connectivity index (χ4v) is 9.69. The number of fused-ring (bicyclic) bond motifs is 5. The second-order valence-electron chi connectivity index (χ2n) is 15.7. The first-order valence-corrected chi connectivity index (χ1v) is 15.8. The summed E-state index contributed by atoms with van der Waals surface area (Å²) in [6, 6.07) is 0. The summed E-state index contributed by atoms with van der Waals surface area (Å²) in [7, 11) is 0. The van der Waals surface area contributed by atoms with Gasteiger partial charge in [0, 0.05) is 42.9 Å². The molecular weight excluding hydrogens is 612 g/mol. The van der Waals surface area contributed by atoms with Crippen LogP contribution in [0.5, 0.6) is 0 Å². The average molecular weight is 659 g/mol. The van der Waals surface area contributed by atoms with Crippen molar-refractivity contribution in [2.24, 2.45) is 39.4 Å². The Kier molecular flexibility index (Phi) is 8.62. The van der Waals surface area contributed by atoms with Crippen molar-refractivity contribution in [2.45, 2.75) is 112 Å². The number of aliphatic hydroxyl groups is 1. The summed E-state index contributed by atoms with van der Waals surface area (Å²) in [6.07, 6.45) is -0.631. The van der Waals surface area contributed by atoms with Gasteiger partial charge in [-0.3, -0.25) is 28.8 Å². The summed E-state index contributed by atoms with van der Waals surface area (Å²) in [5.74, 6) is -6.20. The van der Waals surface area contributed by atoms with E-state index < -0.39 is 92.5 Å². The Balaban J connectivity index is 1.87. The quantitative estimate of drug-likeness (QED) is 0.228. The van der Waals surface area contributed by atoms with Gasteiger partial charge >= 0.3 is 18.1 Å². The number of ether oxygens (including phenoxy) is 3. The van der Waals surface area contributed by atoms with E-state index in [2.05, 4.69) is 0 Å². The van der Waals surface area contributed by atoms with Gasteiger partial charge in [-0.15, -0.1) is 0 Å². The van der Waals surface area contributed by atoms with E-state index in [1.165, 1.54) is 32.9 Å². The molecule has 0 aromatic carbocycles. The van der Waals surface area contributed by atoms with Crippen LogP contribution in [0.15, 0.2) is 23.8 Å². The first-order valence-electron chi connectivity index (χ1n) is 15.8. The number of carbonyl (C=O) groups is 7. The molecule has 4 rings (SSSR count). The summed E-state index contributed by atoms with van der Waals surface area (Å²) in [5, 5.41) is 21.8. The predicted octanol–water partition coefficient (Wildman–Crippen LogP) is 3.95. The van der Waals surface area contributed by atoms with Crippen LogP contribution >= 0.6 is 0 Å². The molecule has 12 heteroatoms. The van der Waals surface area contributed by atoms with Crippen LogP contribution in [0.1, 0.15) is 88.5 Å². The van der Waals surface area contributed by atoms with E-state index in [1.807, 2.05) is 0 Å². The van der Waals surface area contributed by atoms with Gasteiger partial charge in [-0.05, 0) is 88.0 Å². The zero-order valence-corrected chi connectivity index (χ0v) is 28.7. The Morgan fingerprint density at radius 1 is 0.936 bits per heavy atom. The molecule has 12 nitrogen and oxygen atoms in total. The number of rotatable bonds is 7. The largest absolute Gasteiger partial charge is 0.506 e. The lowest BCUT2D eigenvalue weighted by Gasteiger charge is -2.63. The standard InChI is InChI=1S/C35H46O12/c1-17(36)45-22-14-20-19(31(5,6)28(22)41)13-21(38)26-32(7)15-23(46-29(42)43)27(33(32,8)16-25(40)34(20,26)9)35(10,44)24(39)11-12-30(3,4)47-18(2)37/h11-13,20,22-23,26-27,44H,14-16H2,1-10H3,(H,42,43)/b12-11+/t20-,22+,23-,26+,27+,32+,33-,34-,35+/m1/s1. The van der Waals surface area contributed by atoms with Crippen molar-refractivity contribution in [3.8, 4) is 0 Å². The lowest BCUT2D eigenvalue weighted by Crippen LogP contribution is -2.67. The molecule has 0 amide bonds. The monoisotopic (exact) mass is 658 g/mol. The minimum Gasteiger partial charge on any atom is -0.456 e. The molecule has 0 bridgehead atoms. The topological polar surface area (TPSA) is 188 Å². The van der Waals surface area contributed by atoms with Crippen LogP contribution < -0.4 is 0 Å². The Hall–Kier alpha value is -3.67. The van der Waals surface area contributed by atoms with Crippen LogP contribution in [0.3, 0.4) is 0 Å². The Morgan fingerprint density at radius 2 is 1.53 bits per heavy atom. The minimum atomic E-state index is -2.29. The van der Waals surface area contributed by atoms with E-state index in [1.54, 1.807) is 48.5 Å². The third-order valence-corrected chi connectivity index (χ3v) is 11.8. The fraction of sp³-hybridized carbons (Fsp3) is 0.686. The lowest BCUT2D eigenvalue weighted by atomic mass is 9.38. The van der Waals surface area contributed by atoms with Gasteiger partial charge in [0.15, 0.2) is 23.5 Å². The molecular formula is C35H46O12. The van der Waals surface area contributed by atoms with E-state index in [9.17, 15) is 43.8 Å². The van der Waals surface area contributed by atoms with Gasteiger partial charge in [0.1, 0.15) is 23.1 Å². The molecule has 0 spiro atoms. The first kappa shape index (κ1) is 36.2. The van der Waals surface area contributed by atoms with Gasteiger partial charge in [0.05, 0.1) is 0 Å². The highest BCUT2D eigenvalue weighted by Gasteiger charge is 2.77. The number of hydrogen-bond donors (Lipinski definition) is 2. The van der Waals surface area contributed by atoms with Gasteiger partial charge < -0.3 is 24.4 Å². The van der Waals surface area contributed by atoms with Crippen molar-refractivity contribution < 1.29 is 58.0 Å². The van der Waals surface area contributed by atoms with E-state index in [0.29, 0.717) is 5.57 Å². The Bertz CT molecular complexity index is 1510. The molecule has 0 heterocycles. The summed E-state index contributed by atoms with van der Waals surface area (Å²) < 4.78 is 16.0. The highest BCUT2D eigenvalue weighted by molar-refractivity contribution is 6.05. The maximum absolute atomic E-state index is 14.6. The molecule has 4 aliphatic rings. The molecule has 0 aromatic heterocycles.